The lowest BCUT2D eigenvalue weighted by Crippen LogP contribution is -2.13. The number of nitrogen functional groups attached to an aromatic ring is 1. The first-order chi connectivity index (χ1) is 7.66. The Balaban J connectivity index is 2.21. The van der Waals surface area contributed by atoms with Crippen LogP contribution in [0.15, 0.2) is 35.1 Å². The minimum atomic E-state index is -0.400. The summed E-state index contributed by atoms with van der Waals surface area (Å²) in [6.07, 6.45) is 1.32. The Labute approximate surface area is 96.2 Å². The van der Waals surface area contributed by atoms with E-state index in [2.05, 4.69) is 15.0 Å². The van der Waals surface area contributed by atoms with E-state index in [9.17, 15) is 4.79 Å². The number of carbonyl (C=O) groups is 1. The second-order valence-electron chi connectivity index (χ2n) is 3.07. The molecular formula is C10H8ClN3O2. The SMILES string of the molecule is Nc1ccc(Cl)cc1NC(=O)c1ccon1. The van der Waals surface area contributed by atoms with Crippen molar-refractivity contribution in [3.63, 3.8) is 0 Å². The largest absolute Gasteiger partial charge is 0.397 e. The number of halogens is 1. The van der Waals surface area contributed by atoms with Crippen LogP contribution >= 0.6 is 11.6 Å². The number of rotatable bonds is 2. The molecule has 1 aromatic carbocycles. The number of nitrogens with zero attached hydrogens (tertiary/aromatic N) is 1. The van der Waals surface area contributed by atoms with Gasteiger partial charge in [0, 0.05) is 11.1 Å². The van der Waals surface area contributed by atoms with Gasteiger partial charge in [0.15, 0.2) is 5.69 Å². The van der Waals surface area contributed by atoms with Crippen LogP contribution in [0.2, 0.25) is 5.02 Å². The number of aromatic nitrogens is 1. The van der Waals surface area contributed by atoms with Crippen LogP contribution in [0.1, 0.15) is 10.5 Å². The highest BCUT2D eigenvalue weighted by Crippen LogP contribution is 2.23. The third-order valence-corrected chi connectivity index (χ3v) is 2.17. The number of hydrogen-bond donors (Lipinski definition) is 2. The summed E-state index contributed by atoms with van der Waals surface area (Å²) in [7, 11) is 0. The van der Waals surface area contributed by atoms with Crippen LogP contribution in [-0.2, 0) is 0 Å². The molecule has 82 valence electrons. The lowest BCUT2D eigenvalue weighted by Gasteiger charge is -2.06. The summed E-state index contributed by atoms with van der Waals surface area (Å²) < 4.78 is 4.56. The summed E-state index contributed by atoms with van der Waals surface area (Å²) >= 11 is 5.78. The van der Waals surface area contributed by atoms with Gasteiger partial charge >= 0.3 is 0 Å². The van der Waals surface area contributed by atoms with Crippen molar-refractivity contribution < 1.29 is 9.32 Å². The molecule has 0 aliphatic carbocycles. The fraction of sp³-hybridized carbons (Fsp3) is 0. The van der Waals surface area contributed by atoms with E-state index in [1.54, 1.807) is 18.2 Å². The Morgan fingerprint density at radius 2 is 2.25 bits per heavy atom. The number of nitrogens with one attached hydrogen (secondary N) is 1. The summed E-state index contributed by atoms with van der Waals surface area (Å²) in [4.78, 5) is 11.6. The van der Waals surface area contributed by atoms with Crippen LogP contribution < -0.4 is 11.1 Å². The molecule has 0 aliphatic rings. The van der Waals surface area contributed by atoms with E-state index in [0.717, 1.165) is 0 Å². The van der Waals surface area contributed by atoms with Gasteiger partial charge in [0.25, 0.3) is 5.91 Å². The lowest BCUT2D eigenvalue weighted by molar-refractivity contribution is 0.101. The first-order valence-electron chi connectivity index (χ1n) is 4.43. The van der Waals surface area contributed by atoms with E-state index in [1.165, 1.54) is 12.3 Å². The van der Waals surface area contributed by atoms with Gasteiger partial charge in [-0.15, -0.1) is 0 Å². The monoisotopic (exact) mass is 237 g/mol. The first kappa shape index (κ1) is 10.5. The number of anilines is 2. The summed E-state index contributed by atoms with van der Waals surface area (Å²) in [6, 6.07) is 6.27. The van der Waals surface area contributed by atoms with E-state index in [0.29, 0.717) is 16.4 Å². The third kappa shape index (κ3) is 2.14. The van der Waals surface area contributed by atoms with Crippen molar-refractivity contribution in [2.45, 2.75) is 0 Å². The molecule has 6 heteroatoms. The van der Waals surface area contributed by atoms with Crippen molar-refractivity contribution in [1.29, 1.82) is 0 Å². The van der Waals surface area contributed by atoms with Gasteiger partial charge in [0.2, 0.25) is 0 Å². The smallest absolute Gasteiger partial charge is 0.277 e. The van der Waals surface area contributed by atoms with Crippen molar-refractivity contribution in [3.05, 3.63) is 41.2 Å². The van der Waals surface area contributed by atoms with Crippen molar-refractivity contribution >= 4 is 28.9 Å². The second-order valence-corrected chi connectivity index (χ2v) is 3.51. The van der Waals surface area contributed by atoms with Gasteiger partial charge < -0.3 is 15.6 Å². The second kappa shape index (κ2) is 4.24. The maximum absolute atomic E-state index is 11.6. The van der Waals surface area contributed by atoms with Crippen molar-refractivity contribution in [2.24, 2.45) is 0 Å². The van der Waals surface area contributed by atoms with Crippen molar-refractivity contribution in [3.8, 4) is 0 Å². The quantitative estimate of drug-likeness (QED) is 0.785. The molecule has 0 spiro atoms. The molecule has 0 aliphatic heterocycles. The molecule has 1 heterocycles. The van der Waals surface area contributed by atoms with Crippen molar-refractivity contribution in [2.75, 3.05) is 11.1 Å². The first-order valence-corrected chi connectivity index (χ1v) is 4.81. The van der Waals surface area contributed by atoms with Gasteiger partial charge in [-0.1, -0.05) is 16.8 Å². The molecule has 16 heavy (non-hydrogen) atoms. The molecule has 0 fully saturated rings. The third-order valence-electron chi connectivity index (χ3n) is 1.93. The molecular weight excluding hydrogens is 230 g/mol. The molecule has 1 amide bonds. The van der Waals surface area contributed by atoms with Crippen LogP contribution in [0.3, 0.4) is 0 Å². The summed E-state index contributed by atoms with van der Waals surface area (Å²) in [5.41, 5.74) is 6.73. The molecule has 0 radical (unpaired) electrons. The van der Waals surface area contributed by atoms with E-state index in [-0.39, 0.29) is 5.69 Å². The average Bonchev–Trinajstić information content (AvgIpc) is 2.76. The summed E-state index contributed by atoms with van der Waals surface area (Å²) in [5.74, 6) is -0.400. The number of amides is 1. The Morgan fingerprint density at radius 1 is 1.44 bits per heavy atom. The molecule has 0 saturated heterocycles. The summed E-state index contributed by atoms with van der Waals surface area (Å²) in [5, 5.41) is 6.58. The zero-order valence-corrected chi connectivity index (χ0v) is 8.86. The highest BCUT2D eigenvalue weighted by Gasteiger charge is 2.10. The van der Waals surface area contributed by atoms with Gasteiger partial charge in [0.1, 0.15) is 6.26 Å². The number of benzene rings is 1. The zero-order chi connectivity index (χ0) is 11.5. The van der Waals surface area contributed by atoms with Crippen LogP contribution in [0.25, 0.3) is 0 Å². The molecule has 3 N–H and O–H groups in total. The number of hydrogen-bond acceptors (Lipinski definition) is 4. The van der Waals surface area contributed by atoms with E-state index < -0.39 is 5.91 Å². The standard InChI is InChI=1S/C10H8ClN3O2/c11-6-1-2-7(12)9(5-6)13-10(15)8-3-4-16-14-8/h1-5H,12H2,(H,13,15). The van der Waals surface area contributed by atoms with E-state index >= 15 is 0 Å². The van der Waals surface area contributed by atoms with Gasteiger partial charge in [-0.25, -0.2) is 0 Å². The molecule has 0 unspecified atom stereocenters. The fourth-order valence-electron chi connectivity index (χ4n) is 1.15. The topological polar surface area (TPSA) is 81.1 Å². The van der Waals surface area contributed by atoms with Gasteiger partial charge in [0.05, 0.1) is 11.4 Å². The Hall–Kier alpha value is -2.01. The highest BCUT2D eigenvalue weighted by molar-refractivity contribution is 6.31. The predicted octanol–water partition coefficient (Wildman–Crippen LogP) is 2.16. The number of nitrogens with two attached hydrogens (primary N) is 1. The Bertz CT molecular complexity index is 511. The van der Waals surface area contributed by atoms with Gasteiger partial charge in [-0.3, -0.25) is 4.79 Å². The maximum atomic E-state index is 11.6. The Morgan fingerprint density at radius 3 is 2.94 bits per heavy atom. The molecule has 0 saturated carbocycles. The van der Waals surface area contributed by atoms with Crippen LogP contribution in [0.4, 0.5) is 11.4 Å². The minimum absolute atomic E-state index is 0.180. The molecule has 2 rings (SSSR count). The summed E-state index contributed by atoms with van der Waals surface area (Å²) in [6.45, 7) is 0. The normalized spacial score (nSPS) is 10.1. The van der Waals surface area contributed by atoms with E-state index in [4.69, 9.17) is 17.3 Å². The van der Waals surface area contributed by atoms with Gasteiger partial charge in [-0.05, 0) is 18.2 Å². The molecule has 0 atom stereocenters. The van der Waals surface area contributed by atoms with Crippen LogP contribution in [0, 0.1) is 0 Å². The zero-order valence-electron chi connectivity index (χ0n) is 8.11. The Kier molecular flexibility index (Phi) is 2.78. The molecule has 2 aromatic rings. The van der Waals surface area contributed by atoms with Crippen molar-refractivity contribution in [1.82, 2.24) is 5.16 Å². The average molecular weight is 238 g/mol. The fourth-order valence-corrected chi connectivity index (χ4v) is 1.32. The minimum Gasteiger partial charge on any atom is -0.397 e. The van der Waals surface area contributed by atoms with Gasteiger partial charge in [-0.2, -0.15) is 0 Å². The molecule has 0 bridgehead atoms. The van der Waals surface area contributed by atoms with Crippen LogP contribution in [-0.4, -0.2) is 11.1 Å². The lowest BCUT2D eigenvalue weighted by atomic mass is 10.2. The van der Waals surface area contributed by atoms with Crippen LogP contribution in [0.5, 0.6) is 0 Å². The predicted molar refractivity (Wildman–Crippen MR) is 60.3 cm³/mol. The maximum Gasteiger partial charge on any atom is 0.277 e. The molecule has 5 nitrogen and oxygen atoms in total. The number of carbonyl (C=O) groups excluding carboxylic acids is 1. The van der Waals surface area contributed by atoms with E-state index in [1.807, 2.05) is 0 Å². The molecule has 1 aromatic heterocycles. The highest BCUT2D eigenvalue weighted by atomic mass is 35.5.